The van der Waals surface area contributed by atoms with Crippen LogP contribution in [-0.4, -0.2) is 89.1 Å². The second-order valence-corrected chi connectivity index (χ2v) is 11.7. The quantitative estimate of drug-likeness (QED) is 0.305. The van der Waals surface area contributed by atoms with Crippen molar-refractivity contribution in [2.45, 2.75) is 63.6 Å². The summed E-state index contributed by atoms with van der Waals surface area (Å²) in [6.07, 6.45) is 0.976. The van der Waals surface area contributed by atoms with Crippen molar-refractivity contribution in [1.29, 1.82) is 0 Å². The maximum absolute atomic E-state index is 13.8. The van der Waals surface area contributed by atoms with E-state index in [0.717, 1.165) is 16.7 Å². The third-order valence-corrected chi connectivity index (χ3v) is 7.36. The number of halogens is 2. The topological polar surface area (TPSA) is 112 Å². The molecule has 11 nitrogen and oxygen atoms in total. The van der Waals surface area contributed by atoms with Crippen molar-refractivity contribution in [2.24, 2.45) is 0 Å². The second kappa shape index (κ2) is 12.2. The molecular formula is C30H36F2N6O5. The first kappa shape index (κ1) is 30.3. The third-order valence-electron chi connectivity index (χ3n) is 7.36. The summed E-state index contributed by atoms with van der Waals surface area (Å²) in [7, 11) is 3.07. The van der Waals surface area contributed by atoms with Gasteiger partial charge in [-0.3, -0.25) is 4.90 Å². The van der Waals surface area contributed by atoms with E-state index in [2.05, 4.69) is 20.4 Å². The number of anilines is 1. The molecule has 13 heteroatoms. The van der Waals surface area contributed by atoms with Gasteiger partial charge < -0.3 is 23.8 Å². The summed E-state index contributed by atoms with van der Waals surface area (Å²) in [5.74, 6) is -1.19. The van der Waals surface area contributed by atoms with Gasteiger partial charge in [-0.05, 0) is 57.0 Å². The fourth-order valence-electron chi connectivity index (χ4n) is 5.31. The van der Waals surface area contributed by atoms with Crippen LogP contribution in [0, 0.1) is 0 Å². The van der Waals surface area contributed by atoms with E-state index in [4.69, 9.17) is 18.9 Å². The maximum atomic E-state index is 13.8. The minimum absolute atomic E-state index is 0.0378. The molecule has 1 aromatic carbocycles. The molecule has 1 saturated carbocycles. The minimum atomic E-state index is -2.75. The lowest BCUT2D eigenvalue weighted by Crippen LogP contribution is -2.58. The van der Waals surface area contributed by atoms with Gasteiger partial charge in [-0.15, -0.1) is 15.3 Å². The van der Waals surface area contributed by atoms with E-state index in [1.54, 1.807) is 40.1 Å². The number of methoxy groups -OCH3 is 2. The molecule has 43 heavy (non-hydrogen) atoms. The molecular weight excluding hydrogens is 562 g/mol. The van der Waals surface area contributed by atoms with E-state index in [1.807, 2.05) is 35.2 Å². The summed E-state index contributed by atoms with van der Waals surface area (Å²) in [5, 5.41) is 16.8. The first-order chi connectivity index (χ1) is 20.5. The van der Waals surface area contributed by atoms with Gasteiger partial charge in [0.05, 0.1) is 25.0 Å². The zero-order valence-electron chi connectivity index (χ0n) is 24.9. The zero-order chi connectivity index (χ0) is 30.8. The van der Waals surface area contributed by atoms with E-state index in [9.17, 15) is 13.6 Å². The first-order valence-electron chi connectivity index (χ1n) is 14.1. The number of alkyl halides is 2. The number of carbonyl (C=O) groups is 1. The van der Waals surface area contributed by atoms with Crippen LogP contribution in [0.1, 0.15) is 40.0 Å². The molecule has 1 atom stereocenters. The highest BCUT2D eigenvalue weighted by Gasteiger charge is 2.52. The highest BCUT2D eigenvalue weighted by molar-refractivity contribution is 5.75. The standard InChI is InChI=1S/C30H36F2N6O5/c1-29(2,3)43-28(39)38(22-14-30(31,32)15-22)21-10-11-37(17-21)26-9-8-24(34-35-26)23-7-6-19(12-25(23)42-18-40-4)20-13-27(41-5)36-33-16-20/h6-9,12-13,16,21-22H,10-11,14-15,17-18H2,1-5H3. The number of carbonyl (C=O) groups excluding carboxylic acids is 1. The van der Waals surface area contributed by atoms with Crippen molar-refractivity contribution in [1.82, 2.24) is 25.3 Å². The summed E-state index contributed by atoms with van der Waals surface area (Å²) >= 11 is 0. The van der Waals surface area contributed by atoms with Gasteiger partial charge in [-0.1, -0.05) is 6.07 Å². The Kier molecular flexibility index (Phi) is 8.63. The van der Waals surface area contributed by atoms with E-state index in [1.165, 1.54) is 12.0 Å². The average Bonchev–Trinajstić information content (AvgIpc) is 3.44. The van der Waals surface area contributed by atoms with Gasteiger partial charge in [0, 0.05) is 56.3 Å². The molecule has 0 radical (unpaired) electrons. The fourth-order valence-corrected chi connectivity index (χ4v) is 5.31. The number of hydrogen-bond acceptors (Lipinski definition) is 10. The molecule has 3 aromatic rings. The van der Waals surface area contributed by atoms with Gasteiger partial charge in [-0.2, -0.15) is 5.10 Å². The van der Waals surface area contributed by atoms with E-state index in [0.29, 0.717) is 42.7 Å². The Morgan fingerprint density at radius 1 is 1.05 bits per heavy atom. The van der Waals surface area contributed by atoms with Crippen molar-refractivity contribution < 1.29 is 32.5 Å². The van der Waals surface area contributed by atoms with Gasteiger partial charge in [0.15, 0.2) is 12.6 Å². The molecule has 230 valence electrons. The monoisotopic (exact) mass is 598 g/mol. The molecule has 0 N–H and O–H groups in total. The molecule has 5 rings (SSSR count). The summed E-state index contributed by atoms with van der Waals surface area (Å²) in [6.45, 7) is 6.38. The largest absolute Gasteiger partial charge is 0.480 e. The predicted octanol–water partition coefficient (Wildman–Crippen LogP) is 5.21. The highest BCUT2D eigenvalue weighted by atomic mass is 19.3. The summed E-state index contributed by atoms with van der Waals surface area (Å²) in [4.78, 5) is 16.6. The molecule has 3 heterocycles. The number of aromatic nitrogens is 4. The van der Waals surface area contributed by atoms with Gasteiger partial charge >= 0.3 is 6.09 Å². The van der Waals surface area contributed by atoms with Crippen molar-refractivity contribution in [3.63, 3.8) is 0 Å². The Balaban J connectivity index is 1.33. The number of rotatable bonds is 9. The van der Waals surface area contributed by atoms with E-state index in [-0.39, 0.29) is 25.7 Å². The fraction of sp³-hybridized carbons (Fsp3) is 0.500. The van der Waals surface area contributed by atoms with Crippen LogP contribution in [0.5, 0.6) is 11.6 Å². The van der Waals surface area contributed by atoms with Gasteiger partial charge in [0.2, 0.25) is 5.88 Å². The normalized spacial score (nSPS) is 18.2. The number of hydrogen-bond donors (Lipinski definition) is 0. The van der Waals surface area contributed by atoms with Crippen LogP contribution in [-0.2, 0) is 9.47 Å². The summed E-state index contributed by atoms with van der Waals surface area (Å²) < 4.78 is 49.3. The van der Waals surface area contributed by atoms with Crippen molar-refractivity contribution >= 4 is 11.9 Å². The van der Waals surface area contributed by atoms with E-state index >= 15 is 0 Å². The molecule has 2 aliphatic rings. The van der Waals surface area contributed by atoms with E-state index < -0.39 is 23.7 Å². The van der Waals surface area contributed by atoms with Crippen molar-refractivity contribution in [3.05, 3.63) is 42.6 Å². The zero-order valence-corrected chi connectivity index (χ0v) is 24.9. The molecule has 1 unspecified atom stereocenters. The lowest BCUT2D eigenvalue weighted by Gasteiger charge is -2.45. The Morgan fingerprint density at radius 3 is 2.49 bits per heavy atom. The van der Waals surface area contributed by atoms with Crippen LogP contribution in [0.3, 0.4) is 0 Å². The highest BCUT2D eigenvalue weighted by Crippen LogP contribution is 2.43. The van der Waals surface area contributed by atoms with Crippen LogP contribution >= 0.6 is 0 Å². The number of nitrogens with zero attached hydrogens (tertiary/aromatic N) is 6. The molecule has 2 fully saturated rings. The van der Waals surface area contributed by atoms with Gasteiger partial charge in [-0.25, -0.2) is 13.6 Å². The SMILES string of the molecule is COCOc1cc(-c2cnnc(OC)c2)ccc1-c1ccc(N2CCC(N(C(=O)OC(C)(C)C)C3CC(F)(F)C3)C2)nn1. The summed E-state index contributed by atoms with van der Waals surface area (Å²) in [6, 6.07) is 10.3. The number of amides is 1. The number of ether oxygens (including phenoxy) is 4. The van der Waals surface area contributed by atoms with Crippen molar-refractivity contribution in [3.8, 4) is 34.0 Å². The lowest BCUT2D eigenvalue weighted by atomic mass is 9.86. The molecule has 2 aromatic heterocycles. The Hall–Kier alpha value is -4.13. The van der Waals surface area contributed by atoms with Crippen LogP contribution in [0.2, 0.25) is 0 Å². The Bertz CT molecular complexity index is 1430. The molecule has 1 amide bonds. The lowest BCUT2D eigenvalue weighted by molar-refractivity contribution is -0.127. The smallest absolute Gasteiger partial charge is 0.410 e. The third kappa shape index (κ3) is 7.10. The van der Waals surface area contributed by atoms with Crippen LogP contribution < -0.4 is 14.4 Å². The van der Waals surface area contributed by atoms with Gasteiger partial charge in [0.1, 0.15) is 11.4 Å². The van der Waals surface area contributed by atoms with Crippen molar-refractivity contribution in [2.75, 3.05) is 39.0 Å². The van der Waals surface area contributed by atoms with Crippen LogP contribution in [0.4, 0.5) is 19.4 Å². The molecule has 0 spiro atoms. The van der Waals surface area contributed by atoms with Crippen LogP contribution in [0.15, 0.2) is 42.6 Å². The Labute approximate surface area is 249 Å². The molecule has 0 bridgehead atoms. The van der Waals surface area contributed by atoms with Crippen LogP contribution in [0.25, 0.3) is 22.4 Å². The summed E-state index contributed by atoms with van der Waals surface area (Å²) in [5.41, 5.74) is 2.23. The molecule has 1 saturated heterocycles. The first-order valence-corrected chi connectivity index (χ1v) is 14.1. The number of benzene rings is 1. The molecule has 1 aliphatic carbocycles. The minimum Gasteiger partial charge on any atom is -0.480 e. The predicted molar refractivity (Wildman–Crippen MR) is 154 cm³/mol. The Morgan fingerprint density at radius 2 is 1.84 bits per heavy atom. The second-order valence-electron chi connectivity index (χ2n) is 11.7. The maximum Gasteiger partial charge on any atom is 0.410 e. The molecule has 1 aliphatic heterocycles. The van der Waals surface area contributed by atoms with Gasteiger partial charge in [0.25, 0.3) is 5.92 Å². The average molecular weight is 599 g/mol.